The maximum absolute atomic E-state index is 13.5. The minimum absolute atomic E-state index is 0.0315. The summed E-state index contributed by atoms with van der Waals surface area (Å²) in [4.78, 5) is 32.9. The number of morpholine rings is 1. The molecule has 0 aromatic heterocycles. The zero-order chi connectivity index (χ0) is 24.2. The number of hydrogen-bond donors (Lipinski definition) is 0. The lowest BCUT2D eigenvalue weighted by Gasteiger charge is -2.45. The highest BCUT2D eigenvalue weighted by atomic mass is 79.9. The van der Waals surface area contributed by atoms with Crippen molar-refractivity contribution in [2.75, 3.05) is 32.7 Å². The van der Waals surface area contributed by atoms with E-state index < -0.39 is 0 Å². The van der Waals surface area contributed by atoms with Crippen molar-refractivity contribution in [1.82, 2.24) is 14.7 Å². The molecule has 1 saturated carbocycles. The molecule has 2 aromatic rings. The average Bonchev–Trinajstić information content (AvgIpc) is 2.89. The fraction of sp³-hybridized carbons (Fsp3) is 0.429. The van der Waals surface area contributed by atoms with Crippen LogP contribution in [0.2, 0.25) is 0 Å². The first-order valence-electron chi connectivity index (χ1n) is 12.6. The number of nitrogens with zero attached hydrogens (tertiary/aromatic N) is 3. The first-order chi connectivity index (χ1) is 17.1. The Bertz CT molecular complexity index is 1080. The molecule has 2 aromatic carbocycles. The van der Waals surface area contributed by atoms with E-state index in [2.05, 4.69) is 45.1 Å². The van der Waals surface area contributed by atoms with Crippen LogP contribution in [0.5, 0.6) is 0 Å². The maximum atomic E-state index is 13.5. The Morgan fingerprint density at radius 3 is 2.46 bits per heavy atom. The summed E-state index contributed by atoms with van der Waals surface area (Å²) >= 11 is 3.56. The Morgan fingerprint density at radius 1 is 0.971 bits per heavy atom. The maximum Gasteiger partial charge on any atom is 0.289 e. The SMILES string of the molecule is O=C(CN1C(=O)/C(=C\c2ccccc2Br)OC2CCCCC21)N1CCN(Cc2ccccc2)CC1. The smallest absolute Gasteiger partial charge is 0.289 e. The van der Waals surface area contributed by atoms with Crippen LogP contribution in [0, 0.1) is 0 Å². The third-order valence-corrected chi connectivity index (χ3v) is 8.01. The van der Waals surface area contributed by atoms with Gasteiger partial charge in [-0.05, 0) is 42.5 Å². The average molecular weight is 538 g/mol. The van der Waals surface area contributed by atoms with Crippen LogP contribution in [0.4, 0.5) is 0 Å². The van der Waals surface area contributed by atoms with Gasteiger partial charge in [-0.1, -0.05) is 70.9 Å². The van der Waals surface area contributed by atoms with Gasteiger partial charge in [-0.15, -0.1) is 0 Å². The van der Waals surface area contributed by atoms with E-state index in [1.807, 2.05) is 35.2 Å². The van der Waals surface area contributed by atoms with Gasteiger partial charge in [0.1, 0.15) is 12.6 Å². The molecule has 35 heavy (non-hydrogen) atoms. The van der Waals surface area contributed by atoms with E-state index in [0.29, 0.717) is 18.8 Å². The molecule has 2 amide bonds. The van der Waals surface area contributed by atoms with Crippen LogP contribution in [0.25, 0.3) is 6.08 Å². The van der Waals surface area contributed by atoms with E-state index in [9.17, 15) is 9.59 Å². The number of carbonyl (C=O) groups is 2. The summed E-state index contributed by atoms with van der Waals surface area (Å²) in [5, 5.41) is 0. The predicted octanol–water partition coefficient (Wildman–Crippen LogP) is 4.30. The summed E-state index contributed by atoms with van der Waals surface area (Å²) in [6.07, 6.45) is 5.69. The van der Waals surface area contributed by atoms with E-state index in [0.717, 1.165) is 55.4 Å². The van der Waals surface area contributed by atoms with Crippen LogP contribution in [-0.4, -0.2) is 71.4 Å². The van der Waals surface area contributed by atoms with E-state index in [-0.39, 0.29) is 30.5 Å². The quantitative estimate of drug-likeness (QED) is 0.533. The summed E-state index contributed by atoms with van der Waals surface area (Å²) in [7, 11) is 0. The van der Waals surface area contributed by atoms with Crippen molar-refractivity contribution >= 4 is 33.8 Å². The molecule has 0 spiro atoms. The summed E-state index contributed by atoms with van der Waals surface area (Å²) < 4.78 is 7.12. The van der Waals surface area contributed by atoms with Gasteiger partial charge in [-0.2, -0.15) is 0 Å². The Balaban J connectivity index is 1.25. The van der Waals surface area contributed by atoms with Gasteiger partial charge in [-0.25, -0.2) is 0 Å². The monoisotopic (exact) mass is 537 g/mol. The van der Waals surface area contributed by atoms with Gasteiger partial charge in [-0.3, -0.25) is 14.5 Å². The van der Waals surface area contributed by atoms with Gasteiger partial charge in [0.2, 0.25) is 5.91 Å². The second-order valence-corrected chi connectivity index (χ2v) is 10.5. The van der Waals surface area contributed by atoms with E-state index >= 15 is 0 Å². The van der Waals surface area contributed by atoms with Crippen LogP contribution in [0.1, 0.15) is 36.8 Å². The predicted molar refractivity (Wildman–Crippen MR) is 139 cm³/mol. The van der Waals surface area contributed by atoms with Crippen molar-refractivity contribution in [1.29, 1.82) is 0 Å². The number of halogens is 1. The molecule has 0 N–H and O–H groups in total. The Kier molecular flexibility index (Phi) is 7.54. The molecule has 184 valence electrons. The molecule has 0 radical (unpaired) electrons. The standard InChI is InChI=1S/C28H32BrN3O3/c29-23-11-5-4-10-22(23)18-26-28(34)32(24-12-6-7-13-25(24)35-26)20-27(33)31-16-14-30(15-17-31)19-21-8-2-1-3-9-21/h1-5,8-11,18,24-25H,6-7,12-17,19-20H2/b26-18+. The lowest BCUT2D eigenvalue weighted by molar-refractivity contribution is -0.154. The minimum Gasteiger partial charge on any atom is -0.482 e. The van der Waals surface area contributed by atoms with Crippen molar-refractivity contribution < 1.29 is 14.3 Å². The summed E-state index contributed by atoms with van der Waals surface area (Å²) in [6.45, 7) is 4.09. The number of hydrogen-bond acceptors (Lipinski definition) is 4. The lowest BCUT2D eigenvalue weighted by atomic mass is 9.89. The summed E-state index contributed by atoms with van der Waals surface area (Å²) in [5.74, 6) is 0.185. The topological polar surface area (TPSA) is 53.1 Å². The number of fused-ring (bicyclic) bond motifs is 1. The van der Waals surface area contributed by atoms with Gasteiger partial charge >= 0.3 is 0 Å². The molecule has 3 aliphatic rings. The molecule has 2 atom stereocenters. The normalized spacial score (nSPS) is 24.3. The Labute approximate surface area is 215 Å². The van der Waals surface area contributed by atoms with Crippen molar-refractivity contribution in [3.05, 3.63) is 76.0 Å². The van der Waals surface area contributed by atoms with Crippen molar-refractivity contribution in [3.63, 3.8) is 0 Å². The van der Waals surface area contributed by atoms with Crippen LogP contribution in [-0.2, 0) is 20.9 Å². The van der Waals surface area contributed by atoms with Crippen LogP contribution < -0.4 is 0 Å². The van der Waals surface area contributed by atoms with Crippen LogP contribution in [0.15, 0.2) is 64.8 Å². The second kappa shape index (κ2) is 11.0. The summed E-state index contributed by atoms with van der Waals surface area (Å²) in [5.41, 5.74) is 2.19. The fourth-order valence-electron chi connectivity index (χ4n) is 5.34. The molecule has 6 nitrogen and oxygen atoms in total. The molecule has 2 saturated heterocycles. The molecule has 1 aliphatic carbocycles. The van der Waals surface area contributed by atoms with E-state index in [1.54, 1.807) is 11.0 Å². The third-order valence-electron chi connectivity index (χ3n) is 7.29. The first-order valence-corrected chi connectivity index (χ1v) is 13.4. The van der Waals surface area contributed by atoms with Crippen LogP contribution in [0.3, 0.4) is 0 Å². The molecule has 2 heterocycles. The Morgan fingerprint density at radius 2 is 1.69 bits per heavy atom. The van der Waals surface area contributed by atoms with E-state index in [1.165, 1.54) is 5.56 Å². The second-order valence-electron chi connectivity index (χ2n) is 9.61. The van der Waals surface area contributed by atoms with Crippen LogP contribution >= 0.6 is 15.9 Å². The van der Waals surface area contributed by atoms with Gasteiger partial charge in [0.05, 0.1) is 6.04 Å². The fourth-order valence-corrected chi connectivity index (χ4v) is 5.74. The molecular formula is C28H32BrN3O3. The van der Waals surface area contributed by atoms with Crippen molar-refractivity contribution in [2.45, 2.75) is 44.4 Å². The largest absolute Gasteiger partial charge is 0.482 e. The number of benzene rings is 2. The Hall–Kier alpha value is -2.64. The molecule has 5 rings (SSSR count). The van der Waals surface area contributed by atoms with Gasteiger partial charge in [0, 0.05) is 37.2 Å². The van der Waals surface area contributed by atoms with Crippen molar-refractivity contribution in [3.8, 4) is 0 Å². The van der Waals surface area contributed by atoms with E-state index in [4.69, 9.17) is 4.74 Å². The number of piperazine rings is 1. The lowest BCUT2D eigenvalue weighted by Crippen LogP contribution is -2.58. The molecular weight excluding hydrogens is 506 g/mol. The number of amides is 2. The highest BCUT2D eigenvalue weighted by Gasteiger charge is 2.42. The highest BCUT2D eigenvalue weighted by Crippen LogP contribution is 2.34. The zero-order valence-corrected chi connectivity index (χ0v) is 21.5. The first kappa shape index (κ1) is 24.1. The third kappa shape index (κ3) is 5.62. The highest BCUT2D eigenvalue weighted by molar-refractivity contribution is 9.10. The number of carbonyl (C=O) groups excluding carboxylic acids is 2. The van der Waals surface area contributed by atoms with Gasteiger partial charge in [0.15, 0.2) is 5.76 Å². The van der Waals surface area contributed by atoms with Crippen molar-refractivity contribution in [2.24, 2.45) is 0 Å². The number of ether oxygens (including phenoxy) is 1. The minimum atomic E-state index is -0.181. The molecule has 3 fully saturated rings. The molecule has 7 heteroatoms. The molecule has 2 aliphatic heterocycles. The molecule has 2 unspecified atom stereocenters. The van der Waals surface area contributed by atoms with Gasteiger partial charge < -0.3 is 14.5 Å². The number of rotatable bonds is 5. The summed E-state index contributed by atoms with van der Waals surface area (Å²) in [6, 6.07) is 18.2. The zero-order valence-electron chi connectivity index (χ0n) is 19.9. The molecule has 0 bridgehead atoms. The van der Waals surface area contributed by atoms with Gasteiger partial charge in [0.25, 0.3) is 5.91 Å².